The van der Waals surface area contributed by atoms with Crippen molar-refractivity contribution in [2.24, 2.45) is 0 Å². The molecule has 2 saturated heterocycles. The Morgan fingerprint density at radius 3 is 1.27 bits per heavy atom. The molecule has 2 fully saturated rings. The first kappa shape index (κ1) is 54.2. The number of halogens is 7. The molecule has 4 atom stereocenters. The van der Waals surface area contributed by atoms with Crippen LogP contribution in [0.25, 0.3) is 4.85 Å². The number of hydrogen-bond acceptors (Lipinski definition) is 5. The van der Waals surface area contributed by atoms with Gasteiger partial charge in [0.15, 0.2) is 5.69 Å². The summed E-state index contributed by atoms with van der Waals surface area (Å²) in [4.78, 5) is 13.3. The van der Waals surface area contributed by atoms with E-state index in [2.05, 4.69) is 122 Å². The van der Waals surface area contributed by atoms with Gasteiger partial charge in [-0.05, 0) is 129 Å². The van der Waals surface area contributed by atoms with Crippen LogP contribution in [0.5, 0.6) is 0 Å². The SMILES string of the molecule is C[C@@H](CN1CCN(c2ccc(Cl)cc2Cl)[C@H](c2ccc(Cl)cc2)C1)c1ccc(I)cc1.[C-]#N.[C-]#[N+]c1ccc([C@@H](C)CN2CCN(c3ccc(Cl)cc3Cl)[C@H](c3ccc(Cl)cc3)C2)cc1.[Na+]. The first-order valence-electron chi connectivity index (χ1n) is 21.2. The molecular formula is C52H48Cl6IN6Na. The van der Waals surface area contributed by atoms with Gasteiger partial charge in [-0.15, -0.1) is 0 Å². The van der Waals surface area contributed by atoms with E-state index in [0.717, 1.165) is 73.8 Å². The van der Waals surface area contributed by atoms with E-state index in [9.17, 15) is 0 Å². The molecule has 2 aliphatic rings. The maximum Gasteiger partial charge on any atom is 1.00 e. The van der Waals surface area contributed by atoms with Gasteiger partial charge in [0.1, 0.15) is 0 Å². The Bertz CT molecular complexity index is 2540. The predicted molar refractivity (Wildman–Crippen MR) is 283 cm³/mol. The Kier molecular flexibility index (Phi) is 21.6. The van der Waals surface area contributed by atoms with Crippen molar-refractivity contribution >= 4 is 109 Å². The van der Waals surface area contributed by atoms with Gasteiger partial charge in [-0.3, -0.25) is 9.80 Å². The van der Waals surface area contributed by atoms with Gasteiger partial charge in [0, 0.05) is 76.0 Å². The fourth-order valence-electron chi connectivity index (χ4n) is 8.61. The minimum absolute atomic E-state index is 0. The summed E-state index contributed by atoms with van der Waals surface area (Å²) in [6.45, 7) is 23.9. The quantitative estimate of drug-likeness (QED) is 0.0777. The fraction of sp³-hybridized carbons (Fsp3) is 0.269. The van der Waals surface area contributed by atoms with Crippen LogP contribution in [0.4, 0.5) is 17.1 Å². The average Bonchev–Trinajstić information content (AvgIpc) is 3.31. The van der Waals surface area contributed by atoms with E-state index < -0.39 is 0 Å². The summed E-state index contributed by atoms with van der Waals surface area (Å²) >= 11 is 40.1. The van der Waals surface area contributed by atoms with Crippen LogP contribution in [0.1, 0.15) is 60.0 Å². The normalized spacial score (nSPS) is 17.2. The number of anilines is 2. The van der Waals surface area contributed by atoms with Crippen LogP contribution in [-0.2, 0) is 0 Å². The number of rotatable bonds is 10. The maximum atomic E-state index is 7.15. The summed E-state index contributed by atoms with van der Waals surface area (Å²) in [7, 11) is 0. The minimum Gasteiger partial charge on any atom is -0.512 e. The molecule has 0 spiro atoms. The molecule has 0 bridgehead atoms. The molecule has 0 amide bonds. The van der Waals surface area contributed by atoms with Gasteiger partial charge in [0.2, 0.25) is 0 Å². The number of hydrogen-bond donors (Lipinski definition) is 0. The van der Waals surface area contributed by atoms with Crippen LogP contribution in [-0.4, -0.2) is 62.2 Å². The standard InChI is InChI=1S/C26H24Cl3N3.C25H24Cl3IN2.CN.Na/c1-18(19-5-10-23(30-2)11-6-19)16-31-13-14-32(25-12-9-22(28)15-24(25)29)26(17-31)20-3-7-21(27)8-4-20;1-17(18-4-9-22(29)10-5-18)15-30-12-13-31(24-11-8-21(27)14-23(24)28)25(16-30)19-2-6-20(26)7-3-19;1-2;/h3-12,15,18,26H,13-14,16-17H2,1H3;2-11,14,17,25H,12-13,15-16H2,1H3;;/q;;-1;+1/t18-,26-;17-,25-;;/m00../s1. The van der Waals surface area contributed by atoms with Crippen LogP contribution in [0.3, 0.4) is 0 Å². The van der Waals surface area contributed by atoms with Crippen molar-refractivity contribution in [1.82, 2.24) is 9.80 Å². The van der Waals surface area contributed by atoms with Crippen LogP contribution < -0.4 is 39.4 Å². The topological polar surface area (TPSA) is 41.1 Å². The molecule has 2 heterocycles. The van der Waals surface area contributed by atoms with Crippen molar-refractivity contribution in [3.05, 3.63) is 207 Å². The smallest absolute Gasteiger partial charge is 0.512 e. The average molecular weight is 1120 g/mol. The number of benzene rings is 6. The van der Waals surface area contributed by atoms with Crippen LogP contribution in [0.15, 0.2) is 133 Å². The van der Waals surface area contributed by atoms with Crippen LogP contribution >= 0.6 is 92.2 Å². The molecule has 6 aromatic rings. The second-order valence-electron chi connectivity index (χ2n) is 16.3. The van der Waals surface area contributed by atoms with Crippen molar-refractivity contribution in [3.8, 4) is 0 Å². The van der Waals surface area contributed by atoms with Gasteiger partial charge >= 0.3 is 29.6 Å². The van der Waals surface area contributed by atoms with E-state index >= 15 is 0 Å². The third-order valence-electron chi connectivity index (χ3n) is 12.0. The van der Waals surface area contributed by atoms with Gasteiger partial charge in [-0.25, -0.2) is 4.85 Å². The summed E-state index contributed by atoms with van der Waals surface area (Å²) in [6.07, 6.45) is 0. The second kappa shape index (κ2) is 26.3. The zero-order chi connectivity index (χ0) is 46.6. The van der Waals surface area contributed by atoms with E-state index in [4.69, 9.17) is 88.0 Å². The zero-order valence-corrected chi connectivity index (χ0v) is 45.7. The van der Waals surface area contributed by atoms with Crippen molar-refractivity contribution in [1.29, 1.82) is 5.26 Å². The third kappa shape index (κ3) is 14.7. The molecule has 0 unspecified atom stereocenters. The molecule has 8 rings (SSSR count). The summed E-state index contributed by atoms with van der Waals surface area (Å²) < 4.78 is 1.27. The molecule has 0 radical (unpaired) electrons. The molecule has 2 aliphatic heterocycles. The van der Waals surface area contributed by atoms with Gasteiger partial charge in [0.05, 0.1) is 40.1 Å². The van der Waals surface area contributed by atoms with E-state index in [1.807, 2.05) is 66.7 Å². The Morgan fingerprint density at radius 1 is 0.545 bits per heavy atom. The van der Waals surface area contributed by atoms with Crippen molar-refractivity contribution in [2.45, 2.75) is 37.8 Å². The van der Waals surface area contributed by atoms with Gasteiger partial charge in [-0.1, -0.05) is 144 Å². The Labute approximate surface area is 456 Å². The number of nitrogens with zero attached hydrogens (tertiary/aromatic N) is 6. The minimum atomic E-state index is 0. The van der Waals surface area contributed by atoms with E-state index in [1.165, 1.54) is 25.8 Å². The van der Waals surface area contributed by atoms with Crippen LogP contribution in [0, 0.1) is 22.0 Å². The van der Waals surface area contributed by atoms with Crippen LogP contribution in [0.2, 0.25) is 30.1 Å². The van der Waals surface area contributed by atoms with Gasteiger partial charge in [-0.2, -0.15) is 0 Å². The molecule has 0 N–H and O–H groups in total. The summed E-state index contributed by atoms with van der Waals surface area (Å²) in [6, 6.07) is 44.8. The Hall–Kier alpha value is -2.71. The van der Waals surface area contributed by atoms with Gasteiger partial charge in [0.25, 0.3) is 0 Å². The molecule has 14 heteroatoms. The molecule has 0 saturated carbocycles. The maximum absolute atomic E-state index is 7.15. The van der Waals surface area contributed by atoms with Gasteiger partial charge < -0.3 is 21.6 Å². The Balaban J connectivity index is 0.000000235. The predicted octanol–water partition coefficient (Wildman–Crippen LogP) is 12.9. The third-order valence-corrected chi connectivity index (χ3v) is 14.3. The summed E-state index contributed by atoms with van der Waals surface area (Å²) in [5.41, 5.74) is 7.78. The largest absolute Gasteiger partial charge is 1.00 e. The first-order valence-corrected chi connectivity index (χ1v) is 24.5. The number of piperazine rings is 2. The van der Waals surface area contributed by atoms with Crippen molar-refractivity contribution in [3.63, 3.8) is 0 Å². The van der Waals surface area contributed by atoms with Crippen molar-refractivity contribution < 1.29 is 29.6 Å². The molecular weight excluding hydrogens is 1070 g/mol. The molecule has 66 heavy (non-hydrogen) atoms. The van der Waals surface area contributed by atoms with E-state index in [0.29, 0.717) is 37.6 Å². The second-order valence-corrected chi connectivity index (χ2v) is 20.1. The van der Waals surface area contributed by atoms with E-state index in [1.54, 1.807) is 6.07 Å². The molecule has 336 valence electrons. The molecule has 0 aliphatic carbocycles. The zero-order valence-electron chi connectivity index (χ0n) is 37.0. The molecule has 6 aromatic carbocycles. The van der Waals surface area contributed by atoms with Crippen molar-refractivity contribution in [2.75, 3.05) is 62.2 Å². The summed E-state index contributed by atoms with van der Waals surface area (Å²) in [5.74, 6) is 0.833. The monoisotopic (exact) mass is 1120 g/mol. The first-order chi connectivity index (χ1) is 31.3. The summed E-state index contributed by atoms with van der Waals surface area (Å²) in [5, 5.41) is 10.4. The Morgan fingerprint density at radius 2 is 0.909 bits per heavy atom. The fourth-order valence-corrected chi connectivity index (χ4v) is 10.3. The van der Waals surface area contributed by atoms with E-state index in [-0.39, 0.29) is 41.6 Å². The molecule has 0 aromatic heterocycles. The molecule has 6 nitrogen and oxygen atoms in total.